The molecule has 0 unspecified atom stereocenters. The summed E-state index contributed by atoms with van der Waals surface area (Å²) in [6.45, 7) is 6.21. The van der Waals surface area contributed by atoms with Gasteiger partial charge in [-0.05, 0) is 49.1 Å². The second-order valence-corrected chi connectivity index (χ2v) is 8.57. The normalized spacial score (nSPS) is 12.4. The van der Waals surface area contributed by atoms with Gasteiger partial charge in [-0.15, -0.1) is 0 Å². The Labute approximate surface area is 202 Å². The fraction of sp³-hybridized carbons (Fsp3) is 0.310. The maximum Gasteiger partial charge on any atom is 0.261 e. The van der Waals surface area contributed by atoms with Crippen LogP contribution in [0.5, 0.6) is 5.75 Å². The molecule has 1 N–H and O–H groups in total. The number of benzene rings is 3. The van der Waals surface area contributed by atoms with Crippen LogP contribution in [0, 0.1) is 6.92 Å². The van der Waals surface area contributed by atoms with Crippen molar-refractivity contribution in [2.75, 3.05) is 6.61 Å². The molecule has 3 aromatic rings. The lowest BCUT2D eigenvalue weighted by atomic mass is 10.0. The highest BCUT2D eigenvalue weighted by Gasteiger charge is 2.31. The minimum absolute atomic E-state index is 0.0155. The number of carbonyl (C=O) groups is 2. The van der Waals surface area contributed by atoms with E-state index in [9.17, 15) is 9.59 Å². The Balaban J connectivity index is 1.92. The smallest absolute Gasteiger partial charge is 0.261 e. The molecule has 0 saturated heterocycles. The molecule has 0 aliphatic carbocycles. The molecule has 2 amide bonds. The molecule has 3 rings (SSSR count). The number of aryl methyl sites for hydroxylation is 1. The van der Waals surface area contributed by atoms with E-state index in [2.05, 4.69) is 5.32 Å². The minimum Gasteiger partial charge on any atom is -0.484 e. The van der Waals surface area contributed by atoms with Crippen molar-refractivity contribution in [2.24, 2.45) is 0 Å². The number of ether oxygens (including phenoxy) is 1. The van der Waals surface area contributed by atoms with Gasteiger partial charge in [0.15, 0.2) is 6.61 Å². The number of hydrogen-bond donors (Lipinski definition) is 1. The van der Waals surface area contributed by atoms with E-state index < -0.39 is 6.04 Å². The Hall–Kier alpha value is -3.60. The largest absolute Gasteiger partial charge is 0.484 e. The van der Waals surface area contributed by atoms with Crippen LogP contribution in [0.3, 0.4) is 0 Å². The Morgan fingerprint density at radius 1 is 0.912 bits per heavy atom. The Morgan fingerprint density at radius 3 is 2.18 bits per heavy atom. The van der Waals surface area contributed by atoms with Gasteiger partial charge in [0.25, 0.3) is 5.91 Å². The highest BCUT2D eigenvalue weighted by molar-refractivity contribution is 5.88. The van der Waals surface area contributed by atoms with Gasteiger partial charge >= 0.3 is 0 Å². The Kier molecular flexibility index (Phi) is 9.27. The molecule has 0 aliphatic heterocycles. The third kappa shape index (κ3) is 7.20. The number of nitrogens with zero attached hydrogens (tertiary/aromatic N) is 1. The summed E-state index contributed by atoms with van der Waals surface area (Å²) in [5, 5.41) is 3.09. The Bertz CT molecular complexity index is 1050. The van der Waals surface area contributed by atoms with E-state index in [0.717, 1.165) is 23.1 Å². The lowest BCUT2D eigenvalue weighted by molar-refractivity contribution is -0.143. The van der Waals surface area contributed by atoms with E-state index in [4.69, 9.17) is 4.74 Å². The number of carbonyl (C=O) groups excluding carboxylic acids is 2. The molecule has 0 heterocycles. The zero-order valence-electron chi connectivity index (χ0n) is 20.2. The fourth-order valence-corrected chi connectivity index (χ4v) is 3.71. The van der Waals surface area contributed by atoms with E-state index in [-0.39, 0.29) is 24.5 Å². The predicted molar refractivity (Wildman–Crippen MR) is 135 cm³/mol. The molecule has 0 spiro atoms. The maximum absolute atomic E-state index is 13.5. The number of nitrogens with one attached hydrogen (secondary N) is 1. The predicted octanol–water partition coefficient (Wildman–Crippen LogP) is 4.93. The summed E-state index contributed by atoms with van der Waals surface area (Å²) < 4.78 is 5.78. The number of rotatable bonds is 11. The number of para-hydroxylation sites is 1. The summed E-state index contributed by atoms with van der Waals surface area (Å²) in [6, 6.07) is 26.4. The number of hydrogen-bond acceptors (Lipinski definition) is 3. The first-order valence-electron chi connectivity index (χ1n) is 11.8. The van der Waals surface area contributed by atoms with E-state index in [0.29, 0.717) is 18.7 Å². The molecule has 178 valence electrons. The molecule has 0 bridgehead atoms. The zero-order chi connectivity index (χ0) is 24.3. The summed E-state index contributed by atoms with van der Waals surface area (Å²) >= 11 is 0. The number of amides is 2. The van der Waals surface area contributed by atoms with Gasteiger partial charge in [-0.1, -0.05) is 79.7 Å². The maximum atomic E-state index is 13.5. The van der Waals surface area contributed by atoms with Crippen molar-refractivity contribution in [3.63, 3.8) is 0 Å². The standard InChI is InChI=1S/C29H34N2O3/c1-4-23(3)30-29(33)27(19-24-14-7-5-8-15-24)31(20-25-16-12-11-13-22(25)2)28(32)21-34-26-17-9-6-10-18-26/h5-18,23,27H,4,19-21H2,1-3H3,(H,30,33)/t23-,27+/m0/s1. The lowest BCUT2D eigenvalue weighted by Crippen LogP contribution is -2.53. The highest BCUT2D eigenvalue weighted by Crippen LogP contribution is 2.18. The third-order valence-electron chi connectivity index (χ3n) is 5.98. The molecule has 2 atom stereocenters. The van der Waals surface area contributed by atoms with Crippen molar-refractivity contribution >= 4 is 11.8 Å². The molecular formula is C29H34N2O3. The van der Waals surface area contributed by atoms with Gasteiger partial charge in [-0.2, -0.15) is 0 Å². The molecule has 0 aliphatic rings. The summed E-state index contributed by atoms with van der Waals surface area (Å²) in [4.78, 5) is 28.7. The summed E-state index contributed by atoms with van der Waals surface area (Å²) in [7, 11) is 0. The second-order valence-electron chi connectivity index (χ2n) is 8.57. The first-order chi connectivity index (χ1) is 16.5. The molecule has 34 heavy (non-hydrogen) atoms. The van der Waals surface area contributed by atoms with Crippen LogP contribution in [0.25, 0.3) is 0 Å². The summed E-state index contributed by atoms with van der Waals surface area (Å²) in [5.74, 6) is 0.238. The highest BCUT2D eigenvalue weighted by atomic mass is 16.5. The fourth-order valence-electron chi connectivity index (χ4n) is 3.71. The van der Waals surface area contributed by atoms with Crippen LogP contribution in [0.1, 0.15) is 37.0 Å². The van der Waals surface area contributed by atoms with Gasteiger partial charge in [-0.25, -0.2) is 0 Å². The molecule has 0 fully saturated rings. The SMILES string of the molecule is CC[C@H](C)NC(=O)[C@@H](Cc1ccccc1)N(Cc1ccccc1C)C(=O)COc1ccccc1. The minimum atomic E-state index is -0.664. The lowest BCUT2D eigenvalue weighted by Gasteiger charge is -2.32. The molecule has 5 heteroatoms. The Morgan fingerprint density at radius 2 is 1.53 bits per heavy atom. The van der Waals surface area contributed by atoms with Gasteiger partial charge in [0.1, 0.15) is 11.8 Å². The molecule has 3 aromatic carbocycles. The van der Waals surface area contributed by atoms with Crippen molar-refractivity contribution in [1.82, 2.24) is 10.2 Å². The monoisotopic (exact) mass is 458 g/mol. The van der Waals surface area contributed by atoms with Crippen molar-refractivity contribution in [3.05, 3.63) is 102 Å². The zero-order valence-corrected chi connectivity index (χ0v) is 20.2. The van der Waals surface area contributed by atoms with Crippen molar-refractivity contribution in [3.8, 4) is 5.75 Å². The quantitative estimate of drug-likeness (QED) is 0.443. The average molecular weight is 459 g/mol. The van der Waals surface area contributed by atoms with E-state index in [1.54, 1.807) is 4.90 Å². The molecule has 0 aromatic heterocycles. The van der Waals surface area contributed by atoms with E-state index in [1.165, 1.54) is 0 Å². The van der Waals surface area contributed by atoms with E-state index in [1.807, 2.05) is 106 Å². The van der Waals surface area contributed by atoms with Gasteiger partial charge in [0, 0.05) is 19.0 Å². The molecule has 5 nitrogen and oxygen atoms in total. The molecule has 0 saturated carbocycles. The van der Waals surface area contributed by atoms with Crippen LogP contribution in [0.15, 0.2) is 84.9 Å². The average Bonchev–Trinajstić information content (AvgIpc) is 2.86. The van der Waals surface area contributed by atoms with Crippen LogP contribution >= 0.6 is 0 Å². The van der Waals surface area contributed by atoms with Crippen molar-refractivity contribution < 1.29 is 14.3 Å². The topological polar surface area (TPSA) is 58.6 Å². The summed E-state index contributed by atoms with van der Waals surface area (Å²) in [5.41, 5.74) is 3.08. The van der Waals surface area contributed by atoms with Crippen LogP contribution in [-0.2, 0) is 22.6 Å². The van der Waals surface area contributed by atoms with Crippen molar-refractivity contribution in [1.29, 1.82) is 0 Å². The van der Waals surface area contributed by atoms with Crippen LogP contribution in [0.2, 0.25) is 0 Å². The van der Waals surface area contributed by atoms with E-state index >= 15 is 0 Å². The molecular weight excluding hydrogens is 424 g/mol. The van der Waals surface area contributed by atoms with Crippen molar-refractivity contribution in [2.45, 2.75) is 52.2 Å². The van der Waals surface area contributed by atoms with Gasteiger partial charge < -0.3 is 15.0 Å². The van der Waals surface area contributed by atoms with Gasteiger partial charge in [0.05, 0.1) is 0 Å². The first kappa shape index (κ1) is 25.0. The second kappa shape index (κ2) is 12.6. The van der Waals surface area contributed by atoms with Crippen LogP contribution < -0.4 is 10.1 Å². The van der Waals surface area contributed by atoms with Gasteiger partial charge in [-0.3, -0.25) is 9.59 Å². The third-order valence-corrected chi connectivity index (χ3v) is 5.98. The molecule has 0 radical (unpaired) electrons. The first-order valence-corrected chi connectivity index (χ1v) is 11.8. The van der Waals surface area contributed by atoms with Gasteiger partial charge in [0.2, 0.25) is 5.91 Å². The van der Waals surface area contributed by atoms with Crippen LogP contribution in [-0.4, -0.2) is 35.4 Å². The summed E-state index contributed by atoms with van der Waals surface area (Å²) in [6.07, 6.45) is 1.23. The van der Waals surface area contributed by atoms with Crippen LogP contribution in [0.4, 0.5) is 0 Å².